The second-order valence-electron chi connectivity index (χ2n) is 7.36. The van der Waals surface area contributed by atoms with Crippen molar-refractivity contribution in [2.45, 2.75) is 27.7 Å². The molecule has 0 aliphatic heterocycles. The number of halogens is 1. The van der Waals surface area contributed by atoms with Gasteiger partial charge in [-0.25, -0.2) is 19.2 Å². The number of carboxylic acids is 4. The molecule has 2 aromatic rings. The number of rotatable bonds is 8. The summed E-state index contributed by atoms with van der Waals surface area (Å²) in [4.78, 5) is 41.7. The largest absolute Gasteiger partial charge is 1.00 e. The molecule has 0 fully saturated rings. The standard InChI is InChI=1S/C8H20N.2C8H6O5.ClH/c1-5-9(6-2,7-3)8-4;2*9-6-2-4(7(10)11)1-5(3-6)8(12)13;/h5-8H2,1-4H3;2*1-3,9H,(H,10,11)(H,12,13);1H/q+1;;;/p-1. The zero-order valence-corrected chi connectivity index (χ0v) is 21.2. The number of benzene rings is 2. The van der Waals surface area contributed by atoms with Gasteiger partial charge in [-0.3, -0.25) is 0 Å². The van der Waals surface area contributed by atoms with Crippen molar-refractivity contribution in [1.29, 1.82) is 0 Å². The molecule has 6 N–H and O–H groups in total. The van der Waals surface area contributed by atoms with Crippen LogP contribution in [0.4, 0.5) is 0 Å². The molecule has 2 rings (SSSR count). The number of quaternary nitrogens is 1. The molecule has 200 valence electrons. The lowest BCUT2D eigenvalue weighted by molar-refractivity contribution is -0.921. The summed E-state index contributed by atoms with van der Waals surface area (Å²) >= 11 is 0. The van der Waals surface area contributed by atoms with Gasteiger partial charge in [-0.2, -0.15) is 0 Å². The van der Waals surface area contributed by atoms with Crippen molar-refractivity contribution in [2.75, 3.05) is 26.2 Å². The van der Waals surface area contributed by atoms with E-state index in [1.165, 1.54) is 30.7 Å². The van der Waals surface area contributed by atoms with Gasteiger partial charge < -0.3 is 47.5 Å². The first kappa shape index (κ1) is 34.3. The van der Waals surface area contributed by atoms with Crippen molar-refractivity contribution >= 4 is 23.9 Å². The molecule has 0 aliphatic rings. The topological polar surface area (TPSA) is 190 Å². The van der Waals surface area contributed by atoms with Crippen molar-refractivity contribution in [3.05, 3.63) is 58.7 Å². The van der Waals surface area contributed by atoms with Crippen molar-refractivity contribution in [3.63, 3.8) is 0 Å². The third-order valence-corrected chi connectivity index (χ3v) is 5.51. The smallest absolute Gasteiger partial charge is 0.335 e. The van der Waals surface area contributed by atoms with Gasteiger partial charge in [0.25, 0.3) is 0 Å². The van der Waals surface area contributed by atoms with Crippen LogP contribution < -0.4 is 12.4 Å². The number of phenols is 2. The molecule has 12 heteroatoms. The van der Waals surface area contributed by atoms with Crippen LogP contribution in [-0.2, 0) is 0 Å². The van der Waals surface area contributed by atoms with Crippen LogP contribution in [-0.4, -0.2) is 85.2 Å². The fourth-order valence-electron chi connectivity index (χ4n) is 3.06. The fourth-order valence-corrected chi connectivity index (χ4v) is 3.06. The zero-order valence-electron chi connectivity index (χ0n) is 20.4. The normalized spacial score (nSPS) is 9.89. The van der Waals surface area contributed by atoms with Gasteiger partial charge in [0.2, 0.25) is 0 Å². The molecule has 0 atom stereocenters. The van der Waals surface area contributed by atoms with Crippen molar-refractivity contribution in [1.82, 2.24) is 0 Å². The van der Waals surface area contributed by atoms with Gasteiger partial charge in [-0.1, -0.05) is 0 Å². The Morgan fingerprint density at radius 2 is 0.722 bits per heavy atom. The predicted molar refractivity (Wildman–Crippen MR) is 126 cm³/mol. The highest BCUT2D eigenvalue weighted by Gasteiger charge is 2.16. The van der Waals surface area contributed by atoms with Crippen LogP contribution in [0.25, 0.3) is 0 Å². The van der Waals surface area contributed by atoms with Crippen LogP contribution in [0.2, 0.25) is 0 Å². The Morgan fingerprint density at radius 1 is 0.528 bits per heavy atom. The number of aromatic hydroxyl groups is 2. The minimum atomic E-state index is -1.28. The van der Waals surface area contributed by atoms with E-state index < -0.39 is 23.9 Å². The average Bonchev–Trinajstić information content (AvgIpc) is 2.81. The summed E-state index contributed by atoms with van der Waals surface area (Å²) in [5, 5.41) is 52.0. The lowest BCUT2D eigenvalue weighted by Gasteiger charge is -2.34. The monoisotopic (exact) mass is 529 g/mol. The third-order valence-electron chi connectivity index (χ3n) is 5.51. The summed E-state index contributed by atoms with van der Waals surface area (Å²) in [7, 11) is 0. The average molecular weight is 530 g/mol. The van der Waals surface area contributed by atoms with Gasteiger partial charge >= 0.3 is 23.9 Å². The fraction of sp³-hybridized carbons (Fsp3) is 0.333. The van der Waals surface area contributed by atoms with Gasteiger partial charge in [-0.15, -0.1) is 0 Å². The quantitative estimate of drug-likeness (QED) is 0.262. The summed E-state index contributed by atoms with van der Waals surface area (Å²) in [6, 6.07) is 5.88. The molecule has 0 bridgehead atoms. The van der Waals surface area contributed by atoms with E-state index in [0.29, 0.717) is 0 Å². The molecule has 11 nitrogen and oxygen atoms in total. The first-order valence-electron chi connectivity index (χ1n) is 10.7. The highest BCUT2D eigenvalue weighted by Crippen LogP contribution is 2.16. The van der Waals surface area contributed by atoms with Gasteiger partial charge in [0, 0.05) is 0 Å². The van der Waals surface area contributed by atoms with Crippen molar-refractivity contribution in [2.24, 2.45) is 0 Å². The molecule has 0 saturated carbocycles. The Bertz CT molecular complexity index is 896. The summed E-state index contributed by atoms with van der Waals surface area (Å²) in [5.74, 6) is -5.87. The highest BCUT2D eigenvalue weighted by atomic mass is 35.5. The Kier molecular flexibility index (Phi) is 15.2. The third kappa shape index (κ3) is 11.1. The van der Waals surface area contributed by atoms with E-state index >= 15 is 0 Å². The van der Waals surface area contributed by atoms with Crippen molar-refractivity contribution in [3.8, 4) is 11.5 Å². The van der Waals surface area contributed by atoms with Gasteiger partial charge in [0.1, 0.15) is 11.5 Å². The molecule has 0 aliphatic carbocycles. The highest BCUT2D eigenvalue weighted by molar-refractivity contribution is 5.95. The Balaban J connectivity index is 0. The van der Waals surface area contributed by atoms with Crippen LogP contribution >= 0.6 is 0 Å². The van der Waals surface area contributed by atoms with E-state index in [4.69, 9.17) is 30.6 Å². The molecule has 0 aromatic heterocycles. The molecular formula is C24H32ClNO10. The molecular weight excluding hydrogens is 498 g/mol. The molecule has 0 amide bonds. The zero-order chi connectivity index (χ0) is 27.3. The molecule has 36 heavy (non-hydrogen) atoms. The molecule has 0 radical (unpaired) electrons. The van der Waals surface area contributed by atoms with E-state index in [1.807, 2.05) is 0 Å². The van der Waals surface area contributed by atoms with Gasteiger partial charge in [0.05, 0.1) is 48.4 Å². The summed E-state index contributed by atoms with van der Waals surface area (Å²) in [5.41, 5.74) is -1.01. The maximum atomic E-state index is 10.4. The van der Waals surface area contributed by atoms with Crippen LogP contribution in [0.1, 0.15) is 69.1 Å². The maximum absolute atomic E-state index is 10.4. The van der Waals surface area contributed by atoms with Gasteiger partial charge in [0.15, 0.2) is 0 Å². The maximum Gasteiger partial charge on any atom is 0.335 e. The van der Waals surface area contributed by atoms with Crippen LogP contribution in [0, 0.1) is 0 Å². The van der Waals surface area contributed by atoms with Crippen LogP contribution in [0.3, 0.4) is 0 Å². The second-order valence-corrected chi connectivity index (χ2v) is 7.36. The Morgan fingerprint density at radius 3 is 0.833 bits per heavy atom. The van der Waals surface area contributed by atoms with Crippen LogP contribution in [0.5, 0.6) is 11.5 Å². The minimum Gasteiger partial charge on any atom is -1.00 e. The predicted octanol–water partition coefficient (Wildman–Crippen LogP) is 0.464. The number of nitrogens with zero attached hydrogens (tertiary/aromatic N) is 1. The number of phenolic OH excluding ortho intramolecular Hbond substituents is 2. The first-order chi connectivity index (χ1) is 16.2. The molecule has 0 heterocycles. The van der Waals surface area contributed by atoms with E-state index in [0.717, 1.165) is 36.4 Å². The first-order valence-corrected chi connectivity index (χ1v) is 10.7. The van der Waals surface area contributed by atoms with E-state index in [2.05, 4.69) is 27.7 Å². The summed E-state index contributed by atoms with van der Waals surface area (Å²) in [6.45, 7) is 14.2. The van der Waals surface area contributed by atoms with Gasteiger partial charge in [-0.05, 0) is 64.1 Å². The number of aromatic carboxylic acids is 4. The number of carboxylic acid groups (broad SMARTS) is 4. The molecule has 2 aromatic carbocycles. The minimum absolute atomic E-state index is 0. The Hall–Kier alpha value is -3.83. The SMILES string of the molecule is CC[N+](CC)(CC)CC.O=C(O)c1cc(O)cc(C(=O)O)c1.O=C(O)c1cc(O)cc(C(=O)O)c1.[Cl-]. The lowest BCUT2D eigenvalue weighted by atomic mass is 10.1. The Labute approximate surface area is 214 Å². The number of hydrogen-bond donors (Lipinski definition) is 6. The lowest BCUT2D eigenvalue weighted by Crippen LogP contribution is -3.00. The molecule has 0 unspecified atom stereocenters. The number of carbonyl (C=O) groups is 4. The number of hydrogen-bond acceptors (Lipinski definition) is 6. The van der Waals surface area contributed by atoms with Crippen LogP contribution in [0.15, 0.2) is 36.4 Å². The molecule has 0 spiro atoms. The van der Waals surface area contributed by atoms with Crippen molar-refractivity contribution < 1.29 is 66.7 Å². The summed E-state index contributed by atoms with van der Waals surface area (Å²) < 4.78 is 1.28. The van der Waals surface area contributed by atoms with E-state index in [-0.39, 0.29) is 46.2 Å². The summed E-state index contributed by atoms with van der Waals surface area (Å²) in [6.07, 6.45) is 0. The van der Waals surface area contributed by atoms with E-state index in [9.17, 15) is 19.2 Å². The molecule has 0 saturated heterocycles. The second kappa shape index (κ2) is 16.0. The van der Waals surface area contributed by atoms with E-state index in [1.54, 1.807) is 0 Å².